The van der Waals surface area contributed by atoms with Gasteiger partial charge >= 0.3 is 5.97 Å². The summed E-state index contributed by atoms with van der Waals surface area (Å²) >= 11 is 6.89. The lowest BCUT2D eigenvalue weighted by Crippen LogP contribution is -2.14. The smallest absolute Gasteiger partial charge is 0.348 e. The van der Waals surface area contributed by atoms with Gasteiger partial charge in [-0.2, -0.15) is 0 Å². The van der Waals surface area contributed by atoms with Gasteiger partial charge in [0.1, 0.15) is 10.7 Å². The first-order valence-corrected chi connectivity index (χ1v) is 8.97. The van der Waals surface area contributed by atoms with E-state index >= 15 is 0 Å². The van der Waals surface area contributed by atoms with E-state index in [2.05, 4.69) is 0 Å². The fourth-order valence-corrected chi connectivity index (χ4v) is 3.67. The van der Waals surface area contributed by atoms with Gasteiger partial charge in [-0.3, -0.25) is 4.79 Å². The third-order valence-corrected chi connectivity index (χ3v) is 5.14. The molecule has 134 valence electrons. The van der Waals surface area contributed by atoms with Gasteiger partial charge in [0, 0.05) is 22.6 Å². The van der Waals surface area contributed by atoms with E-state index in [1.165, 1.54) is 12.1 Å². The number of halogens is 2. The van der Waals surface area contributed by atoms with Crippen LogP contribution >= 0.6 is 22.9 Å². The number of aromatic nitrogens is 1. The zero-order valence-electron chi connectivity index (χ0n) is 14.1. The number of Topliss-reactive ketones (excluding diaryl/α,β-unsaturated/α-hetero) is 1. The third kappa shape index (κ3) is 3.71. The minimum absolute atomic E-state index is 0.303. The standard InChI is InChI=1S/C19H15ClFNO3S/c1-11-9-15(12(2)22(11)14-5-3-13(21)4-6-14)16(23)10-25-19(24)17-7-8-18(20)26-17/h3-9H,10H2,1-2H3. The topological polar surface area (TPSA) is 48.3 Å². The molecule has 0 aliphatic rings. The molecule has 3 rings (SSSR count). The van der Waals surface area contributed by atoms with Crippen LogP contribution in [-0.4, -0.2) is 22.9 Å². The third-order valence-electron chi connectivity index (χ3n) is 3.93. The molecular weight excluding hydrogens is 377 g/mol. The second-order valence-corrected chi connectivity index (χ2v) is 7.41. The molecule has 0 aliphatic carbocycles. The number of esters is 1. The zero-order valence-corrected chi connectivity index (χ0v) is 15.7. The molecule has 0 amide bonds. The van der Waals surface area contributed by atoms with Crippen molar-refractivity contribution in [3.63, 3.8) is 0 Å². The number of hydrogen-bond donors (Lipinski definition) is 0. The zero-order chi connectivity index (χ0) is 18.8. The van der Waals surface area contributed by atoms with Gasteiger partial charge in [-0.05, 0) is 56.3 Å². The summed E-state index contributed by atoms with van der Waals surface area (Å²) in [7, 11) is 0. The van der Waals surface area contributed by atoms with E-state index in [1.54, 1.807) is 37.3 Å². The second-order valence-electron chi connectivity index (χ2n) is 5.70. The maximum Gasteiger partial charge on any atom is 0.348 e. The van der Waals surface area contributed by atoms with Gasteiger partial charge in [0.2, 0.25) is 5.78 Å². The highest BCUT2D eigenvalue weighted by Gasteiger charge is 2.19. The Hall–Kier alpha value is -2.44. The highest BCUT2D eigenvalue weighted by Crippen LogP contribution is 2.23. The maximum absolute atomic E-state index is 13.1. The Morgan fingerprint density at radius 2 is 1.85 bits per heavy atom. The molecule has 2 heterocycles. The van der Waals surface area contributed by atoms with Crippen LogP contribution in [0.3, 0.4) is 0 Å². The molecule has 0 radical (unpaired) electrons. The van der Waals surface area contributed by atoms with Gasteiger partial charge in [0.15, 0.2) is 6.61 Å². The van der Waals surface area contributed by atoms with E-state index in [0.29, 0.717) is 20.5 Å². The highest BCUT2D eigenvalue weighted by atomic mass is 35.5. The van der Waals surface area contributed by atoms with Crippen LogP contribution < -0.4 is 0 Å². The monoisotopic (exact) mass is 391 g/mol. The molecule has 7 heteroatoms. The van der Waals surface area contributed by atoms with Crippen molar-refractivity contribution >= 4 is 34.7 Å². The summed E-state index contributed by atoms with van der Waals surface area (Å²) in [5, 5.41) is 0. The summed E-state index contributed by atoms with van der Waals surface area (Å²) in [6.45, 7) is 3.29. The average molecular weight is 392 g/mol. The van der Waals surface area contributed by atoms with Crippen LogP contribution in [0.1, 0.15) is 31.4 Å². The fraction of sp³-hybridized carbons (Fsp3) is 0.158. The first-order valence-electron chi connectivity index (χ1n) is 7.77. The van der Waals surface area contributed by atoms with Crippen molar-refractivity contribution in [3.05, 3.63) is 74.4 Å². The summed E-state index contributed by atoms with van der Waals surface area (Å²) in [5.41, 5.74) is 2.75. The van der Waals surface area contributed by atoms with E-state index in [-0.39, 0.29) is 18.2 Å². The van der Waals surface area contributed by atoms with Gasteiger partial charge in [-0.25, -0.2) is 9.18 Å². The van der Waals surface area contributed by atoms with Crippen molar-refractivity contribution in [2.75, 3.05) is 6.61 Å². The predicted molar refractivity (Wildman–Crippen MR) is 99.1 cm³/mol. The van der Waals surface area contributed by atoms with Crippen LogP contribution in [0.5, 0.6) is 0 Å². The van der Waals surface area contributed by atoms with Crippen molar-refractivity contribution < 1.29 is 18.7 Å². The van der Waals surface area contributed by atoms with Gasteiger partial charge in [0.25, 0.3) is 0 Å². The Morgan fingerprint density at radius 3 is 2.46 bits per heavy atom. The highest BCUT2D eigenvalue weighted by molar-refractivity contribution is 7.17. The fourth-order valence-electron chi connectivity index (χ4n) is 2.74. The van der Waals surface area contributed by atoms with E-state index in [0.717, 1.165) is 22.7 Å². The Morgan fingerprint density at radius 1 is 1.15 bits per heavy atom. The van der Waals surface area contributed by atoms with E-state index in [9.17, 15) is 14.0 Å². The second kappa shape index (κ2) is 7.43. The van der Waals surface area contributed by atoms with Crippen LogP contribution in [0.2, 0.25) is 4.34 Å². The number of nitrogens with zero attached hydrogens (tertiary/aromatic N) is 1. The lowest BCUT2D eigenvalue weighted by molar-refractivity contribution is 0.0479. The summed E-state index contributed by atoms with van der Waals surface area (Å²) in [6, 6.07) is 10.9. The summed E-state index contributed by atoms with van der Waals surface area (Å²) in [5.74, 6) is -1.21. The molecule has 3 aromatic rings. The molecule has 0 unspecified atom stereocenters. The Balaban J connectivity index is 1.77. The number of ether oxygens (including phenoxy) is 1. The number of ketones is 1. The maximum atomic E-state index is 13.1. The largest absolute Gasteiger partial charge is 0.453 e. The number of rotatable bonds is 5. The molecule has 1 aromatic carbocycles. The molecule has 0 atom stereocenters. The number of carbonyl (C=O) groups excluding carboxylic acids is 2. The minimum Gasteiger partial charge on any atom is -0.453 e. The number of hydrogen-bond acceptors (Lipinski definition) is 4. The van der Waals surface area contributed by atoms with E-state index < -0.39 is 5.97 Å². The number of carbonyl (C=O) groups is 2. The van der Waals surface area contributed by atoms with Crippen LogP contribution in [0.4, 0.5) is 4.39 Å². The van der Waals surface area contributed by atoms with Gasteiger partial charge in [-0.1, -0.05) is 11.6 Å². The van der Waals surface area contributed by atoms with Crippen molar-refractivity contribution in [2.45, 2.75) is 13.8 Å². The Bertz CT molecular complexity index is 975. The summed E-state index contributed by atoms with van der Waals surface area (Å²) in [6.07, 6.45) is 0. The quantitative estimate of drug-likeness (QED) is 0.455. The first kappa shape index (κ1) is 18.4. The molecular formula is C19H15ClFNO3S. The Labute approximate surface area is 158 Å². The van der Waals surface area contributed by atoms with Gasteiger partial charge < -0.3 is 9.30 Å². The summed E-state index contributed by atoms with van der Waals surface area (Å²) in [4.78, 5) is 24.8. The SMILES string of the molecule is Cc1cc(C(=O)COC(=O)c2ccc(Cl)s2)c(C)n1-c1ccc(F)cc1. The number of aryl methyl sites for hydroxylation is 1. The first-order chi connectivity index (χ1) is 12.4. The van der Waals surface area contributed by atoms with Crippen LogP contribution in [0.15, 0.2) is 42.5 Å². The van der Waals surface area contributed by atoms with Crippen LogP contribution in [-0.2, 0) is 4.74 Å². The number of thiophene rings is 1. The molecule has 26 heavy (non-hydrogen) atoms. The summed E-state index contributed by atoms with van der Waals surface area (Å²) < 4.78 is 20.6. The normalized spacial score (nSPS) is 10.8. The molecule has 0 spiro atoms. The molecule has 0 fully saturated rings. The molecule has 4 nitrogen and oxygen atoms in total. The minimum atomic E-state index is -0.581. The van der Waals surface area contributed by atoms with E-state index in [4.69, 9.17) is 16.3 Å². The average Bonchev–Trinajstić information content (AvgIpc) is 3.17. The predicted octanol–water partition coefficient (Wildman–Crippen LogP) is 4.99. The van der Waals surface area contributed by atoms with E-state index in [1.807, 2.05) is 11.5 Å². The van der Waals surface area contributed by atoms with Crippen molar-refractivity contribution in [1.82, 2.24) is 4.57 Å². The lowest BCUT2D eigenvalue weighted by atomic mass is 10.1. The van der Waals surface area contributed by atoms with Crippen molar-refractivity contribution in [3.8, 4) is 5.69 Å². The van der Waals surface area contributed by atoms with Crippen LogP contribution in [0, 0.1) is 19.7 Å². The molecule has 0 bridgehead atoms. The lowest BCUT2D eigenvalue weighted by Gasteiger charge is -2.10. The molecule has 0 N–H and O–H groups in total. The van der Waals surface area contributed by atoms with Crippen molar-refractivity contribution in [1.29, 1.82) is 0 Å². The molecule has 2 aromatic heterocycles. The molecule has 0 saturated heterocycles. The Kier molecular flexibility index (Phi) is 5.25. The number of benzene rings is 1. The molecule has 0 saturated carbocycles. The molecule has 0 aliphatic heterocycles. The van der Waals surface area contributed by atoms with Crippen molar-refractivity contribution in [2.24, 2.45) is 0 Å². The van der Waals surface area contributed by atoms with Gasteiger partial charge in [0.05, 0.1) is 4.34 Å². The van der Waals surface area contributed by atoms with Crippen LogP contribution in [0.25, 0.3) is 5.69 Å². The van der Waals surface area contributed by atoms with Gasteiger partial charge in [-0.15, -0.1) is 11.3 Å².